The molecule has 9 heteroatoms. The number of halogens is 1. The number of sulfonamides is 1. The van der Waals surface area contributed by atoms with Gasteiger partial charge in [-0.15, -0.1) is 0 Å². The van der Waals surface area contributed by atoms with Crippen LogP contribution in [-0.4, -0.2) is 43.8 Å². The predicted octanol–water partition coefficient (Wildman–Crippen LogP) is 5.71. The Morgan fingerprint density at radius 1 is 0.975 bits per heavy atom. The fourth-order valence-corrected chi connectivity index (χ4v) is 6.92. The summed E-state index contributed by atoms with van der Waals surface area (Å²) in [6.45, 7) is 3.48. The monoisotopic (exact) mass is 581 g/mol. The van der Waals surface area contributed by atoms with E-state index in [1.165, 1.54) is 17.0 Å². The van der Waals surface area contributed by atoms with E-state index in [0.717, 1.165) is 41.1 Å². The number of hydrogen-bond donors (Lipinski definition) is 1. The summed E-state index contributed by atoms with van der Waals surface area (Å²) in [7, 11) is -4.16. The van der Waals surface area contributed by atoms with E-state index in [2.05, 4.69) is 5.32 Å². The third kappa shape index (κ3) is 7.04. The summed E-state index contributed by atoms with van der Waals surface area (Å²) >= 11 is 6.46. The van der Waals surface area contributed by atoms with Gasteiger partial charge in [-0.1, -0.05) is 91.5 Å². The van der Waals surface area contributed by atoms with Crippen molar-refractivity contribution in [1.29, 1.82) is 0 Å². The van der Waals surface area contributed by atoms with Gasteiger partial charge in [0, 0.05) is 12.6 Å². The Kier molecular flexibility index (Phi) is 9.87. The maximum Gasteiger partial charge on any atom is 0.264 e. The normalized spacial score (nSPS) is 14.5. The molecule has 0 aliphatic heterocycles. The highest BCUT2D eigenvalue weighted by Gasteiger charge is 2.35. The molecule has 7 nitrogen and oxygen atoms in total. The molecule has 2 amide bonds. The Bertz CT molecular complexity index is 1430. The molecular formula is C31H36ClN3O4S. The molecule has 3 aromatic carbocycles. The fraction of sp³-hybridized carbons (Fsp3) is 0.355. The van der Waals surface area contributed by atoms with Gasteiger partial charge in [0.2, 0.25) is 11.8 Å². The highest BCUT2D eigenvalue weighted by molar-refractivity contribution is 7.92. The maximum absolute atomic E-state index is 14.1. The Labute approximate surface area is 242 Å². The lowest BCUT2D eigenvalue weighted by molar-refractivity contribution is -0.140. The van der Waals surface area contributed by atoms with E-state index in [9.17, 15) is 18.0 Å². The molecule has 1 aliphatic rings. The van der Waals surface area contributed by atoms with E-state index >= 15 is 0 Å². The van der Waals surface area contributed by atoms with Crippen LogP contribution in [0, 0.1) is 6.92 Å². The minimum absolute atomic E-state index is 0.0407. The zero-order chi connectivity index (χ0) is 28.7. The number of aryl methyl sites for hydroxylation is 1. The third-order valence-electron chi connectivity index (χ3n) is 7.25. The molecule has 0 bridgehead atoms. The summed E-state index contributed by atoms with van der Waals surface area (Å²) in [6, 6.07) is 21.6. The first-order chi connectivity index (χ1) is 19.2. The van der Waals surface area contributed by atoms with E-state index in [1.807, 2.05) is 38.1 Å². The van der Waals surface area contributed by atoms with Crippen LogP contribution in [-0.2, 0) is 26.2 Å². The number of benzene rings is 3. The SMILES string of the molecule is CC[C@H](C(=O)NC1CCCC1)N(Cc1cccc(C)c1)C(=O)CN(c1ccccc1Cl)S(=O)(=O)c1ccccc1. The smallest absolute Gasteiger partial charge is 0.264 e. The Balaban J connectivity index is 1.72. The first-order valence-electron chi connectivity index (χ1n) is 13.7. The van der Waals surface area contributed by atoms with Crippen molar-refractivity contribution in [1.82, 2.24) is 10.2 Å². The molecule has 0 aromatic heterocycles. The summed E-state index contributed by atoms with van der Waals surface area (Å²) in [4.78, 5) is 29.2. The third-order valence-corrected chi connectivity index (χ3v) is 9.35. The van der Waals surface area contributed by atoms with E-state index in [-0.39, 0.29) is 34.1 Å². The summed E-state index contributed by atoms with van der Waals surface area (Å²) in [5.41, 5.74) is 2.08. The van der Waals surface area contributed by atoms with Crippen LogP contribution in [0.4, 0.5) is 5.69 Å². The van der Waals surface area contributed by atoms with Crippen molar-refractivity contribution in [2.45, 2.75) is 69.5 Å². The molecule has 3 aromatic rings. The van der Waals surface area contributed by atoms with Gasteiger partial charge in [0.1, 0.15) is 12.6 Å². The first-order valence-corrected chi connectivity index (χ1v) is 15.5. The van der Waals surface area contributed by atoms with Gasteiger partial charge >= 0.3 is 0 Å². The van der Waals surface area contributed by atoms with Crippen molar-refractivity contribution < 1.29 is 18.0 Å². The van der Waals surface area contributed by atoms with Crippen LogP contribution >= 0.6 is 11.6 Å². The van der Waals surface area contributed by atoms with Crippen molar-refractivity contribution in [3.8, 4) is 0 Å². The van der Waals surface area contributed by atoms with Crippen molar-refractivity contribution in [2.75, 3.05) is 10.8 Å². The van der Waals surface area contributed by atoms with Crippen LogP contribution in [0.15, 0.2) is 83.8 Å². The molecule has 0 spiro atoms. The number of para-hydroxylation sites is 1. The Hall–Kier alpha value is -3.36. The highest BCUT2D eigenvalue weighted by atomic mass is 35.5. The molecule has 1 N–H and O–H groups in total. The summed E-state index contributed by atoms with van der Waals surface area (Å²) < 4.78 is 28.8. The van der Waals surface area contributed by atoms with Gasteiger partial charge in [0.15, 0.2) is 0 Å². The summed E-state index contributed by atoms with van der Waals surface area (Å²) in [6.07, 6.45) is 4.36. The number of carbonyl (C=O) groups is 2. The van der Waals surface area contributed by atoms with Gasteiger partial charge in [-0.25, -0.2) is 8.42 Å². The van der Waals surface area contributed by atoms with Gasteiger partial charge in [-0.3, -0.25) is 13.9 Å². The van der Waals surface area contributed by atoms with E-state index in [1.54, 1.807) is 42.5 Å². The van der Waals surface area contributed by atoms with Crippen molar-refractivity contribution in [3.05, 3.63) is 95.0 Å². The van der Waals surface area contributed by atoms with Crippen LogP contribution in [0.1, 0.15) is 50.2 Å². The van der Waals surface area contributed by atoms with Gasteiger partial charge < -0.3 is 10.2 Å². The minimum Gasteiger partial charge on any atom is -0.352 e. The van der Waals surface area contributed by atoms with Crippen LogP contribution in [0.2, 0.25) is 5.02 Å². The number of rotatable bonds is 11. The lowest BCUT2D eigenvalue weighted by Crippen LogP contribution is -2.53. The Morgan fingerprint density at radius 3 is 2.30 bits per heavy atom. The second-order valence-electron chi connectivity index (χ2n) is 10.2. The molecule has 0 radical (unpaired) electrons. The van der Waals surface area contributed by atoms with Crippen molar-refractivity contribution in [3.63, 3.8) is 0 Å². The van der Waals surface area contributed by atoms with Crippen LogP contribution in [0.25, 0.3) is 0 Å². The minimum atomic E-state index is -4.16. The quantitative estimate of drug-likeness (QED) is 0.314. The largest absolute Gasteiger partial charge is 0.352 e. The number of carbonyl (C=O) groups excluding carboxylic acids is 2. The molecule has 0 saturated heterocycles. The standard InChI is InChI=1S/C31H36ClN3O4S/c1-3-28(31(37)33-25-14-7-8-15-25)34(21-24-13-11-12-23(2)20-24)30(36)22-35(29-19-10-9-18-27(29)32)40(38,39)26-16-5-4-6-17-26/h4-6,9-13,16-20,25,28H,3,7-8,14-15,21-22H2,1-2H3,(H,33,37)/t28-/m1/s1. The number of hydrogen-bond acceptors (Lipinski definition) is 4. The average Bonchev–Trinajstić information content (AvgIpc) is 3.45. The summed E-state index contributed by atoms with van der Waals surface area (Å²) in [5.74, 6) is -0.708. The van der Waals surface area contributed by atoms with Gasteiger partial charge in [-0.2, -0.15) is 0 Å². The van der Waals surface area contributed by atoms with E-state index < -0.39 is 28.5 Å². The number of nitrogens with zero attached hydrogens (tertiary/aromatic N) is 2. The summed E-state index contributed by atoms with van der Waals surface area (Å²) in [5, 5.41) is 3.33. The van der Waals surface area contributed by atoms with E-state index in [0.29, 0.717) is 6.42 Å². The molecule has 40 heavy (non-hydrogen) atoms. The predicted molar refractivity (Wildman–Crippen MR) is 159 cm³/mol. The second-order valence-corrected chi connectivity index (χ2v) is 12.5. The number of amides is 2. The first kappa shape index (κ1) is 29.6. The lowest BCUT2D eigenvalue weighted by atomic mass is 10.1. The second kappa shape index (κ2) is 13.3. The van der Waals surface area contributed by atoms with Crippen molar-refractivity contribution >= 4 is 39.1 Å². The number of nitrogens with one attached hydrogen (secondary N) is 1. The zero-order valence-corrected chi connectivity index (χ0v) is 24.5. The molecule has 0 unspecified atom stereocenters. The molecule has 1 fully saturated rings. The zero-order valence-electron chi connectivity index (χ0n) is 22.9. The molecule has 1 atom stereocenters. The van der Waals surface area contributed by atoms with Gasteiger partial charge in [0.05, 0.1) is 15.6 Å². The van der Waals surface area contributed by atoms with Crippen LogP contribution in [0.5, 0.6) is 0 Å². The fourth-order valence-electron chi connectivity index (χ4n) is 5.18. The molecule has 212 valence electrons. The van der Waals surface area contributed by atoms with E-state index in [4.69, 9.17) is 11.6 Å². The average molecular weight is 582 g/mol. The molecule has 1 saturated carbocycles. The topological polar surface area (TPSA) is 86.8 Å². The maximum atomic E-state index is 14.1. The molecule has 4 rings (SSSR count). The van der Waals surface area contributed by atoms with Gasteiger partial charge in [-0.05, 0) is 56.0 Å². The Morgan fingerprint density at radius 2 is 1.65 bits per heavy atom. The molecular weight excluding hydrogens is 546 g/mol. The molecule has 1 aliphatic carbocycles. The highest BCUT2D eigenvalue weighted by Crippen LogP contribution is 2.31. The molecule has 0 heterocycles. The van der Waals surface area contributed by atoms with Crippen molar-refractivity contribution in [2.24, 2.45) is 0 Å². The van der Waals surface area contributed by atoms with Gasteiger partial charge in [0.25, 0.3) is 10.0 Å². The lowest BCUT2D eigenvalue weighted by Gasteiger charge is -2.34. The van der Waals surface area contributed by atoms with Crippen LogP contribution in [0.3, 0.4) is 0 Å². The number of anilines is 1. The van der Waals surface area contributed by atoms with Crippen LogP contribution < -0.4 is 9.62 Å².